The van der Waals surface area contributed by atoms with Crippen molar-refractivity contribution in [3.05, 3.63) is 46.7 Å². The van der Waals surface area contributed by atoms with Gasteiger partial charge in [0.2, 0.25) is 0 Å². The highest BCUT2D eigenvalue weighted by atomic mass is 28.3. The normalized spacial score (nSPS) is 11.4. The van der Waals surface area contributed by atoms with Crippen LogP contribution in [-0.4, -0.2) is 52.0 Å². The minimum absolute atomic E-state index is 0.131. The molecular formula is C18H26O6Si2. The highest BCUT2D eigenvalue weighted by Crippen LogP contribution is 2.16. The second kappa shape index (κ2) is 12.2. The fourth-order valence-corrected chi connectivity index (χ4v) is 4.07. The Labute approximate surface area is 159 Å². The van der Waals surface area contributed by atoms with E-state index >= 15 is 0 Å². The quantitative estimate of drug-likeness (QED) is 0.193. The Hall–Kier alpha value is -2.17. The Morgan fingerprint density at radius 1 is 1.08 bits per heavy atom. The number of benzene rings is 1. The van der Waals surface area contributed by atoms with Crippen molar-refractivity contribution >= 4 is 38.3 Å². The molecular weight excluding hydrogens is 368 g/mol. The van der Waals surface area contributed by atoms with Crippen molar-refractivity contribution in [2.75, 3.05) is 19.8 Å². The summed E-state index contributed by atoms with van der Waals surface area (Å²) in [6, 6.07) is 7.09. The largest absolute Gasteiger partial charge is 0.490 e. The second-order valence-electron chi connectivity index (χ2n) is 5.36. The zero-order valence-corrected chi connectivity index (χ0v) is 19.2. The van der Waals surface area contributed by atoms with Crippen LogP contribution in [0.4, 0.5) is 0 Å². The SMILES string of the molecule is CCOC(=O)C(=Cc1ccc(OCC=C(C)[SiH2]O[SiH3])cc1)C(=O)OCC. The lowest BCUT2D eigenvalue weighted by Gasteiger charge is -2.07. The highest BCUT2D eigenvalue weighted by molar-refractivity contribution is 6.42. The van der Waals surface area contributed by atoms with Crippen LogP contribution in [0.25, 0.3) is 6.08 Å². The summed E-state index contributed by atoms with van der Waals surface area (Å²) in [7, 11) is 0.224. The smallest absolute Gasteiger partial charge is 0.345 e. The molecule has 0 heterocycles. The molecule has 0 saturated heterocycles. The third-order valence-electron chi connectivity index (χ3n) is 3.24. The first-order valence-electron chi connectivity index (χ1n) is 8.45. The number of ether oxygens (including phenoxy) is 3. The van der Waals surface area contributed by atoms with Crippen molar-refractivity contribution < 1.29 is 27.9 Å². The molecule has 0 bridgehead atoms. The number of allylic oxidation sites excluding steroid dienone is 1. The molecule has 0 amide bonds. The highest BCUT2D eigenvalue weighted by Gasteiger charge is 2.20. The van der Waals surface area contributed by atoms with Gasteiger partial charge in [0.15, 0.2) is 9.76 Å². The summed E-state index contributed by atoms with van der Waals surface area (Å²) in [6.07, 6.45) is 3.48. The summed E-state index contributed by atoms with van der Waals surface area (Å²) in [5.41, 5.74) is 0.547. The lowest BCUT2D eigenvalue weighted by molar-refractivity contribution is -0.146. The Kier molecular flexibility index (Phi) is 10.3. The molecule has 1 aromatic carbocycles. The standard InChI is InChI=1S/C18H26O6Si2/c1-4-21-17(19)16(18(20)22-5-2)12-14-6-8-15(9-7-14)23-11-10-13(3)26-24-25/h6-10,12H,4-5,11,26H2,1-3,25H3. The number of carbonyl (C=O) groups is 2. The third-order valence-corrected chi connectivity index (χ3v) is 5.13. The van der Waals surface area contributed by atoms with E-state index in [1.165, 1.54) is 11.3 Å². The summed E-state index contributed by atoms with van der Waals surface area (Å²) in [6.45, 7) is 6.26. The first kappa shape index (κ1) is 21.9. The number of carbonyl (C=O) groups excluding carboxylic acids is 2. The topological polar surface area (TPSA) is 71.1 Å². The van der Waals surface area contributed by atoms with Crippen LogP contribution in [0, 0.1) is 0 Å². The molecule has 0 spiro atoms. The van der Waals surface area contributed by atoms with E-state index < -0.39 is 21.7 Å². The van der Waals surface area contributed by atoms with E-state index in [0.717, 1.165) is 10.5 Å². The Morgan fingerprint density at radius 3 is 2.15 bits per heavy atom. The van der Waals surface area contributed by atoms with E-state index in [1.54, 1.807) is 38.1 Å². The van der Waals surface area contributed by atoms with Crippen LogP contribution in [0.5, 0.6) is 5.75 Å². The van der Waals surface area contributed by atoms with Crippen LogP contribution in [-0.2, 0) is 23.2 Å². The molecule has 0 radical (unpaired) electrons. The van der Waals surface area contributed by atoms with Crippen molar-refractivity contribution in [3.8, 4) is 5.75 Å². The lowest BCUT2D eigenvalue weighted by Crippen LogP contribution is -2.18. The zero-order valence-electron chi connectivity index (χ0n) is 15.7. The van der Waals surface area contributed by atoms with Gasteiger partial charge in [-0.2, -0.15) is 0 Å². The first-order valence-corrected chi connectivity index (χ1v) is 10.5. The van der Waals surface area contributed by atoms with Crippen molar-refractivity contribution in [3.63, 3.8) is 0 Å². The Morgan fingerprint density at radius 2 is 1.65 bits per heavy atom. The molecule has 0 aromatic heterocycles. The fraction of sp³-hybridized carbons (Fsp3) is 0.333. The Balaban J connectivity index is 2.83. The number of rotatable bonds is 10. The maximum atomic E-state index is 12.0. The molecule has 0 unspecified atom stereocenters. The van der Waals surface area contributed by atoms with Crippen molar-refractivity contribution in [2.45, 2.75) is 20.8 Å². The molecule has 1 rings (SSSR count). The number of hydrogen-bond acceptors (Lipinski definition) is 6. The molecule has 0 aliphatic carbocycles. The van der Waals surface area contributed by atoms with E-state index in [9.17, 15) is 9.59 Å². The third kappa shape index (κ3) is 7.81. The summed E-state index contributed by atoms with van der Waals surface area (Å²) in [5.74, 6) is -0.692. The van der Waals surface area contributed by atoms with Gasteiger partial charge in [-0.1, -0.05) is 23.4 Å². The molecule has 0 saturated carbocycles. The molecule has 1 aromatic rings. The van der Waals surface area contributed by atoms with Gasteiger partial charge in [-0.15, -0.1) is 0 Å². The van der Waals surface area contributed by atoms with Gasteiger partial charge in [0.1, 0.15) is 28.4 Å². The lowest BCUT2D eigenvalue weighted by atomic mass is 10.1. The predicted octanol–water partition coefficient (Wildman–Crippen LogP) is 0.860. The summed E-state index contributed by atoms with van der Waals surface area (Å²) < 4.78 is 20.8. The average Bonchev–Trinajstić information content (AvgIpc) is 2.61. The maximum Gasteiger partial charge on any atom is 0.345 e. The molecule has 0 aliphatic heterocycles. The minimum Gasteiger partial charge on any atom is -0.490 e. The molecule has 26 heavy (non-hydrogen) atoms. The zero-order chi connectivity index (χ0) is 19.4. The van der Waals surface area contributed by atoms with Crippen molar-refractivity contribution in [1.82, 2.24) is 0 Å². The van der Waals surface area contributed by atoms with Gasteiger partial charge in [-0.05, 0) is 44.5 Å². The van der Waals surface area contributed by atoms with Gasteiger partial charge in [-0.25, -0.2) is 9.59 Å². The number of hydrogen-bond donors (Lipinski definition) is 0. The van der Waals surface area contributed by atoms with E-state index in [0.29, 0.717) is 17.9 Å². The van der Waals surface area contributed by atoms with Gasteiger partial charge in [-0.3, -0.25) is 0 Å². The van der Waals surface area contributed by atoms with E-state index in [4.69, 9.17) is 18.3 Å². The Bertz CT molecular complexity index is 632. The van der Waals surface area contributed by atoms with Gasteiger partial charge in [0.25, 0.3) is 0 Å². The first-order chi connectivity index (χ1) is 12.5. The predicted molar refractivity (Wildman–Crippen MR) is 107 cm³/mol. The van der Waals surface area contributed by atoms with Crippen LogP contribution < -0.4 is 4.74 Å². The van der Waals surface area contributed by atoms with Crippen molar-refractivity contribution in [2.24, 2.45) is 0 Å². The van der Waals surface area contributed by atoms with E-state index in [1.807, 2.05) is 13.0 Å². The van der Waals surface area contributed by atoms with E-state index in [-0.39, 0.29) is 18.8 Å². The minimum atomic E-state index is -0.697. The summed E-state index contributed by atoms with van der Waals surface area (Å²) in [5, 5.41) is 1.26. The maximum absolute atomic E-state index is 12.0. The van der Waals surface area contributed by atoms with Crippen LogP contribution in [0.15, 0.2) is 41.1 Å². The van der Waals surface area contributed by atoms with Crippen molar-refractivity contribution in [1.29, 1.82) is 0 Å². The average molecular weight is 395 g/mol. The van der Waals surface area contributed by atoms with Gasteiger partial charge < -0.3 is 18.3 Å². The molecule has 6 nitrogen and oxygen atoms in total. The summed E-state index contributed by atoms with van der Waals surface area (Å²) >= 11 is 0. The second-order valence-corrected chi connectivity index (χ2v) is 9.08. The molecule has 8 heteroatoms. The fourth-order valence-electron chi connectivity index (χ4n) is 2.01. The van der Waals surface area contributed by atoms with Gasteiger partial charge in [0, 0.05) is 0 Å². The number of esters is 2. The molecule has 0 N–H and O–H groups in total. The molecule has 0 fully saturated rings. The monoisotopic (exact) mass is 394 g/mol. The van der Waals surface area contributed by atoms with Gasteiger partial charge in [0.05, 0.1) is 13.2 Å². The van der Waals surface area contributed by atoms with Crippen LogP contribution >= 0.6 is 0 Å². The molecule has 142 valence electrons. The van der Waals surface area contributed by atoms with Crippen LogP contribution in [0.1, 0.15) is 26.3 Å². The van der Waals surface area contributed by atoms with Gasteiger partial charge >= 0.3 is 11.9 Å². The summed E-state index contributed by atoms with van der Waals surface area (Å²) in [4.78, 5) is 23.9. The van der Waals surface area contributed by atoms with Crippen LogP contribution in [0.3, 0.4) is 0 Å². The molecule has 0 aliphatic rings. The van der Waals surface area contributed by atoms with E-state index in [2.05, 4.69) is 0 Å². The van der Waals surface area contributed by atoms with Crippen LogP contribution in [0.2, 0.25) is 0 Å². The molecule has 0 atom stereocenters.